The molecular formula is C21H34N2O3. The molecule has 4 atom stereocenters. The van der Waals surface area contributed by atoms with E-state index >= 15 is 0 Å². The molecule has 2 saturated heterocycles. The molecule has 2 aliphatic carbocycles. The molecule has 26 heavy (non-hydrogen) atoms. The monoisotopic (exact) mass is 362 g/mol. The Labute approximate surface area is 157 Å². The zero-order valence-electron chi connectivity index (χ0n) is 16.4. The maximum Gasteiger partial charge on any atom is 0.310 e. The van der Waals surface area contributed by atoms with Gasteiger partial charge in [0.1, 0.15) is 6.10 Å². The van der Waals surface area contributed by atoms with Crippen LogP contribution in [-0.4, -0.2) is 72.9 Å². The summed E-state index contributed by atoms with van der Waals surface area (Å²) in [7, 11) is 0. The molecule has 0 aromatic heterocycles. The largest absolute Gasteiger partial charge is 0.462 e. The van der Waals surface area contributed by atoms with E-state index in [-0.39, 0.29) is 30.0 Å². The van der Waals surface area contributed by atoms with Gasteiger partial charge in [-0.25, -0.2) is 0 Å². The van der Waals surface area contributed by atoms with Crippen LogP contribution < -0.4 is 0 Å². The Balaban J connectivity index is 1.43. The molecule has 2 aliphatic heterocycles. The molecule has 0 amide bonds. The summed E-state index contributed by atoms with van der Waals surface area (Å²) in [6.07, 6.45) is 5.97. The minimum Gasteiger partial charge on any atom is -0.462 e. The fraction of sp³-hybridized carbons (Fsp3) is 0.857. The second-order valence-electron chi connectivity index (χ2n) is 9.19. The quantitative estimate of drug-likeness (QED) is 0.613. The number of fused-ring (bicyclic) bond motifs is 2. The lowest BCUT2D eigenvalue weighted by atomic mass is 9.59. The first-order valence-corrected chi connectivity index (χ1v) is 10.5. The summed E-state index contributed by atoms with van der Waals surface area (Å²) >= 11 is 0. The number of aliphatic hydroxyl groups is 1. The summed E-state index contributed by atoms with van der Waals surface area (Å²) in [5.74, 6) is 0.448. The minimum absolute atomic E-state index is 0.0381. The highest BCUT2D eigenvalue weighted by atomic mass is 16.6. The van der Waals surface area contributed by atoms with Crippen molar-refractivity contribution in [2.75, 3.05) is 45.9 Å². The van der Waals surface area contributed by atoms with Crippen molar-refractivity contribution in [1.82, 2.24) is 9.80 Å². The molecule has 5 heteroatoms. The predicted octanol–water partition coefficient (Wildman–Crippen LogP) is 2.05. The highest BCUT2D eigenvalue weighted by Gasteiger charge is 2.53. The van der Waals surface area contributed by atoms with E-state index in [9.17, 15) is 4.79 Å². The molecule has 0 aromatic carbocycles. The first-order valence-electron chi connectivity index (χ1n) is 10.5. The Morgan fingerprint density at radius 1 is 1.23 bits per heavy atom. The number of hydrogen-bond donors (Lipinski definition) is 1. The smallest absolute Gasteiger partial charge is 0.310 e. The molecular weight excluding hydrogens is 328 g/mol. The lowest BCUT2D eigenvalue weighted by Gasteiger charge is -2.46. The number of carbonyl (C=O) groups excluding carboxylic acids is 1. The van der Waals surface area contributed by atoms with Gasteiger partial charge in [-0.3, -0.25) is 14.6 Å². The van der Waals surface area contributed by atoms with Crippen LogP contribution in [0, 0.1) is 17.3 Å². The molecule has 4 unspecified atom stereocenters. The van der Waals surface area contributed by atoms with Gasteiger partial charge in [0.05, 0.1) is 12.5 Å². The number of rotatable bonds is 4. The third kappa shape index (κ3) is 3.34. The summed E-state index contributed by atoms with van der Waals surface area (Å²) in [5.41, 5.74) is 3.48. The molecule has 0 radical (unpaired) electrons. The SMILES string of the molecule is CC1=C2CC3C(CC2(C)CCC1)OC(=O)C3CN1CCN(CCO)CC1. The van der Waals surface area contributed by atoms with Crippen LogP contribution in [-0.2, 0) is 9.53 Å². The van der Waals surface area contributed by atoms with Crippen LogP contribution in [0.5, 0.6) is 0 Å². The van der Waals surface area contributed by atoms with Crippen LogP contribution in [0.4, 0.5) is 0 Å². The van der Waals surface area contributed by atoms with Crippen molar-refractivity contribution in [1.29, 1.82) is 0 Å². The third-order valence-corrected chi connectivity index (χ3v) is 7.52. The van der Waals surface area contributed by atoms with Crippen molar-refractivity contribution in [2.24, 2.45) is 17.3 Å². The average Bonchev–Trinajstić information content (AvgIpc) is 2.89. The van der Waals surface area contributed by atoms with E-state index in [2.05, 4.69) is 23.6 Å². The van der Waals surface area contributed by atoms with E-state index in [0.29, 0.717) is 5.92 Å². The summed E-state index contributed by atoms with van der Waals surface area (Å²) < 4.78 is 5.90. The number of β-amino-alcohol motifs (C(OH)–C–C–N with tert-alkyl or cyclic N) is 1. The summed E-state index contributed by atoms with van der Waals surface area (Å²) in [4.78, 5) is 17.4. The van der Waals surface area contributed by atoms with Gasteiger partial charge in [0.25, 0.3) is 0 Å². The Morgan fingerprint density at radius 2 is 1.96 bits per heavy atom. The van der Waals surface area contributed by atoms with Crippen LogP contribution >= 0.6 is 0 Å². The maximum absolute atomic E-state index is 12.7. The maximum atomic E-state index is 12.7. The number of nitrogens with zero attached hydrogens (tertiary/aromatic N) is 2. The number of esters is 1. The molecule has 146 valence electrons. The van der Waals surface area contributed by atoms with Crippen LogP contribution in [0.25, 0.3) is 0 Å². The fourth-order valence-corrected chi connectivity index (χ4v) is 5.94. The van der Waals surface area contributed by atoms with Gasteiger partial charge in [-0.15, -0.1) is 0 Å². The van der Waals surface area contributed by atoms with Crippen molar-refractivity contribution >= 4 is 5.97 Å². The van der Waals surface area contributed by atoms with Gasteiger partial charge in [-0.2, -0.15) is 0 Å². The zero-order valence-corrected chi connectivity index (χ0v) is 16.4. The number of carbonyl (C=O) groups is 1. The van der Waals surface area contributed by atoms with Crippen molar-refractivity contribution in [3.05, 3.63) is 11.1 Å². The van der Waals surface area contributed by atoms with Crippen LogP contribution in [0.2, 0.25) is 0 Å². The van der Waals surface area contributed by atoms with E-state index in [1.54, 1.807) is 11.1 Å². The zero-order chi connectivity index (χ0) is 18.3. The van der Waals surface area contributed by atoms with E-state index in [1.165, 1.54) is 19.3 Å². The molecule has 5 nitrogen and oxygen atoms in total. The van der Waals surface area contributed by atoms with Gasteiger partial charge in [0, 0.05) is 45.2 Å². The Bertz CT molecular complexity index is 582. The Kier molecular flexibility index (Phi) is 5.15. The fourth-order valence-electron chi connectivity index (χ4n) is 5.94. The number of ether oxygens (including phenoxy) is 1. The van der Waals surface area contributed by atoms with Gasteiger partial charge >= 0.3 is 5.97 Å². The molecule has 4 aliphatic rings. The van der Waals surface area contributed by atoms with Gasteiger partial charge in [-0.1, -0.05) is 18.1 Å². The third-order valence-electron chi connectivity index (χ3n) is 7.52. The molecule has 1 N–H and O–H groups in total. The second kappa shape index (κ2) is 7.25. The van der Waals surface area contributed by atoms with E-state index in [1.807, 2.05) is 0 Å². The standard InChI is InChI=1S/C21H34N2O3/c1-15-4-3-5-21(2)13-19-16(12-18(15)21)17(20(25)26-19)14-23-8-6-22(7-9-23)10-11-24/h16-17,19,24H,3-14H2,1-2H3. The van der Waals surface area contributed by atoms with Gasteiger partial charge in [0.2, 0.25) is 0 Å². The molecule has 0 bridgehead atoms. The summed E-state index contributed by atoms with van der Waals surface area (Å²) in [6, 6.07) is 0. The Hall–Kier alpha value is -0.910. The summed E-state index contributed by atoms with van der Waals surface area (Å²) in [6.45, 7) is 10.5. The number of hydrogen-bond acceptors (Lipinski definition) is 5. The van der Waals surface area contributed by atoms with Crippen molar-refractivity contribution in [3.8, 4) is 0 Å². The molecule has 0 spiro atoms. The second-order valence-corrected chi connectivity index (χ2v) is 9.19. The lowest BCUT2D eigenvalue weighted by Crippen LogP contribution is -2.49. The molecule has 0 aromatic rings. The highest BCUT2D eigenvalue weighted by molar-refractivity contribution is 5.76. The van der Waals surface area contributed by atoms with Crippen molar-refractivity contribution in [2.45, 2.75) is 52.1 Å². The average molecular weight is 363 g/mol. The van der Waals surface area contributed by atoms with Crippen molar-refractivity contribution in [3.63, 3.8) is 0 Å². The number of aliphatic hydroxyl groups excluding tert-OH is 1. The lowest BCUT2D eigenvalue weighted by molar-refractivity contribution is -0.145. The molecule has 4 rings (SSSR count). The number of allylic oxidation sites excluding steroid dienone is 2. The van der Waals surface area contributed by atoms with Crippen molar-refractivity contribution < 1.29 is 14.6 Å². The Morgan fingerprint density at radius 3 is 2.69 bits per heavy atom. The highest BCUT2D eigenvalue weighted by Crippen LogP contribution is 2.55. The summed E-state index contributed by atoms with van der Waals surface area (Å²) in [5, 5.41) is 9.09. The molecule has 2 heterocycles. The van der Waals surface area contributed by atoms with Gasteiger partial charge in [0.15, 0.2) is 0 Å². The van der Waals surface area contributed by atoms with E-state index in [0.717, 1.165) is 52.1 Å². The predicted molar refractivity (Wildman–Crippen MR) is 101 cm³/mol. The first-order chi connectivity index (χ1) is 12.5. The van der Waals surface area contributed by atoms with E-state index in [4.69, 9.17) is 9.84 Å². The van der Waals surface area contributed by atoms with E-state index < -0.39 is 0 Å². The number of piperazine rings is 1. The minimum atomic E-state index is 0.0381. The molecule has 1 saturated carbocycles. The van der Waals surface area contributed by atoms with Crippen LogP contribution in [0.15, 0.2) is 11.1 Å². The van der Waals surface area contributed by atoms with Gasteiger partial charge in [-0.05, 0) is 44.4 Å². The normalized spacial score (nSPS) is 38.9. The van der Waals surface area contributed by atoms with Crippen LogP contribution in [0.1, 0.15) is 46.0 Å². The molecule has 3 fully saturated rings. The topological polar surface area (TPSA) is 53.0 Å². The first kappa shape index (κ1) is 18.5. The van der Waals surface area contributed by atoms with Gasteiger partial charge < -0.3 is 9.84 Å². The van der Waals surface area contributed by atoms with Crippen LogP contribution in [0.3, 0.4) is 0 Å².